The summed E-state index contributed by atoms with van der Waals surface area (Å²) in [5, 5.41) is 9.38. The summed E-state index contributed by atoms with van der Waals surface area (Å²) < 4.78 is 1.59. The molecule has 0 aliphatic heterocycles. The number of carbonyl (C=O) groups is 1. The van der Waals surface area contributed by atoms with E-state index in [-0.39, 0.29) is 5.91 Å². The van der Waals surface area contributed by atoms with Crippen molar-refractivity contribution in [3.63, 3.8) is 0 Å². The summed E-state index contributed by atoms with van der Waals surface area (Å²) >= 11 is 1.40. The Labute approximate surface area is 155 Å². The van der Waals surface area contributed by atoms with E-state index in [2.05, 4.69) is 39.7 Å². The van der Waals surface area contributed by atoms with Crippen molar-refractivity contribution >= 4 is 22.4 Å². The quantitative estimate of drug-likeness (QED) is 0.584. The molecule has 26 heavy (non-hydrogen) atoms. The second-order valence-corrected chi connectivity index (χ2v) is 6.67. The van der Waals surface area contributed by atoms with E-state index in [1.54, 1.807) is 24.0 Å². The zero-order valence-corrected chi connectivity index (χ0v) is 14.9. The molecule has 4 rings (SSSR count). The number of benzene rings is 2. The lowest BCUT2D eigenvalue weighted by Gasteiger charge is -2.03. The van der Waals surface area contributed by atoms with Crippen molar-refractivity contribution in [2.24, 2.45) is 7.05 Å². The van der Waals surface area contributed by atoms with Crippen LogP contribution in [0.15, 0.2) is 72.2 Å². The molecule has 0 radical (unpaired) electrons. The maximum Gasteiger partial charge on any atom is 0.277 e. The summed E-state index contributed by atoms with van der Waals surface area (Å²) in [6, 6.07) is 20.2. The number of amides is 1. The minimum atomic E-state index is -0.258. The maximum atomic E-state index is 12.2. The molecule has 0 aliphatic carbocycles. The molecule has 0 aliphatic rings. The lowest BCUT2D eigenvalue weighted by molar-refractivity contribution is 0.102. The highest BCUT2D eigenvalue weighted by molar-refractivity contribution is 7.14. The molecule has 128 valence electrons. The summed E-state index contributed by atoms with van der Waals surface area (Å²) in [5.74, 6) is -0.258. The number of rotatable bonds is 4. The highest BCUT2D eigenvalue weighted by Gasteiger charge is 2.12. The number of nitrogens with one attached hydrogen (secondary N) is 1. The molecule has 0 atom stereocenters. The Morgan fingerprint density at radius 1 is 0.962 bits per heavy atom. The zero-order chi connectivity index (χ0) is 17.9. The summed E-state index contributed by atoms with van der Waals surface area (Å²) in [6.07, 6.45) is 1.73. The van der Waals surface area contributed by atoms with Crippen LogP contribution in [0, 0.1) is 0 Å². The standard InChI is InChI=1S/C20H16N4OS/c1-24-12-11-17(23-24)19(25)22-20-21-18(13-26-20)16-9-7-15(8-10-16)14-5-3-2-4-6-14/h2-13H,1H3,(H,21,22,25). The molecule has 0 fully saturated rings. The van der Waals surface area contributed by atoms with Crippen LogP contribution in [0.4, 0.5) is 5.13 Å². The Bertz CT molecular complexity index is 1040. The molecule has 1 amide bonds. The number of carbonyl (C=O) groups excluding carboxylic acids is 1. The van der Waals surface area contributed by atoms with Crippen LogP contribution in [-0.4, -0.2) is 20.7 Å². The molecular formula is C20H16N4OS. The van der Waals surface area contributed by atoms with Gasteiger partial charge in [0.2, 0.25) is 0 Å². The summed E-state index contributed by atoms with van der Waals surface area (Å²) in [5.41, 5.74) is 4.57. The van der Waals surface area contributed by atoms with Gasteiger partial charge in [0.1, 0.15) is 0 Å². The van der Waals surface area contributed by atoms with Gasteiger partial charge in [0.15, 0.2) is 10.8 Å². The number of hydrogen-bond acceptors (Lipinski definition) is 4. The van der Waals surface area contributed by atoms with Gasteiger partial charge in [0.25, 0.3) is 5.91 Å². The molecule has 0 unspecified atom stereocenters. The van der Waals surface area contributed by atoms with Gasteiger partial charge >= 0.3 is 0 Å². The van der Waals surface area contributed by atoms with Crippen LogP contribution < -0.4 is 5.32 Å². The van der Waals surface area contributed by atoms with Crippen LogP contribution in [0.25, 0.3) is 22.4 Å². The third kappa shape index (κ3) is 3.41. The highest BCUT2D eigenvalue weighted by atomic mass is 32.1. The number of anilines is 1. The van der Waals surface area contributed by atoms with Gasteiger partial charge in [-0.2, -0.15) is 5.10 Å². The molecule has 6 heteroatoms. The Morgan fingerprint density at radius 2 is 1.65 bits per heavy atom. The van der Waals surface area contributed by atoms with E-state index in [4.69, 9.17) is 0 Å². The molecule has 1 N–H and O–H groups in total. The van der Waals surface area contributed by atoms with Gasteiger partial charge < -0.3 is 0 Å². The van der Waals surface area contributed by atoms with E-state index >= 15 is 0 Å². The molecule has 0 bridgehead atoms. The number of aromatic nitrogens is 3. The summed E-state index contributed by atoms with van der Waals surface area (Å²) in [4.78, 5) is 16.7. The molecular weight excluding hydrogens is 344 g/mol. The Balaban J connectivity index is 1.50. The lowest BCUT2D eigenvalue weighted by atomic mass is 10.0. The van der Waals surface area contributed by atoms with E-state index in [0.29, 0.717) is 10.8 Å². The summed E-state index contributed by atoms with van der Waals surface area (Å²) in [6.45, 7) is 0. The Hall–Kier alpha value is -3.25. The minimum absolute atomic E-state index is 0.258. The molecule has 2 heterocycles. The first-order valence-electron chi connectivity index (χ1n) is 8.11. The maximum absolute atomic E-state index is 12.2. The van der Waals surface area contributed by atoms with Crippen molar-refractivity contribution in [1.29, 1.82) is 0 Å². The average molecular weight is 360 g/mol. The van der Waals surface area contributed by atoms with Crippen molar-refractivity contribution in [2.75, 3.05) is 5.32 Å². The van der Waals surface area contributed by atoms with E-state index < -0.39 is 0 Å². The third-order valence-corrected chi connectivity index (χ3v) is 4.72. The lowest BCUT2D eigenvalue weighted by Crippen LogP contribution is -2.12. The first kappa shape index (κ1) is 16.2. The van der Waals surface area contributed by atoms with Gasteiger partial charge in [0.05, 0.1) is 5.69 Å². The fraction of sp³-hybridized carbons (Fsp3) is 0.0500. The number of aryl methyl sites for hydroxylation is 1. The second-order valence-electron chi connectivity index (χ2n) is 5.81. The van der Waals surface area contributed by atoms with Crippen LogP contribution in [0.5, 0.6) is 0 Å². The Kier molecular flexibility index (Phi) is 4.33. The van der Waals surface area contributed by atoms with E-state index in [0.717, 1.165) is 16.8 Å². The fourth-order valence-electron chi connectivity index (χ4n) is 2.63. The largest absolute Gasteiger partial charge is 0.296 e. The van der Waals surface area contributed by atoms with Crippen molar-refractivity contribution in [3.8, 4) is 22.4 Å². The summed E-state index contributed by atoms with van der Waals surface area (Å²) in [7, 11) is 1.78. The molecule has 0 spiro atoms. The first-order valence-corrected chi connectivity index (χ1v) is 8.99. The zero-order valence-electron chi connectivity index (χ0n) is 14.1. The highest BCUT2D eigenvalue weighted by Crippen LogP contribution is 2.27. The molecule has 0 saturated heterocycles. The SMILES string of the molecule is Cn1ccc(C(=O)Nc2nc(-c3ccc(-c4ccccc4)cc3)cs2)n1. The molecule has 2 aromatic heterocycles. The fourth-order valence-corrected chi connectivity index (χ4v) is 3.34. The van der Waals surface area contributed by atoms with Gasteiger partial charge in [-0.3, -0.25) is 14.8 Å². The van der Waals surface area contributed by atoms with Crippen molar-refractivity contribution in [3.05, 3.63) is 77.9 Å². The number of hydrogen-bond donors (Lipinski definition) is 1. The molecule has 5 nitrogen and oxygen atoms in total. The number of nitrogens with zero attached hydrogens (tertiary/aromatic N) is 3. The van der Waals surface area contributed by atoms with Crippen LogP contribution in [0.2, 0.25) is 0 Å². The minimum Gasteiger partial charge on any atom is -0.296 e. The van der Waals surface area contributed by atoms with Gasteiger partial charge in [-0.25, -0.2) is 4.98 Å². The normalized spacial score (nSPS) is 10.7. The van der Waals surface area contributed by atoms with Crippen molar-refractivity contribution in [1.82, 2.24) is 14.8 Å². The van der Waals surface area contributed by atoms with Crippen LogP contribution in [-0.2, 0) is 7.05 Å². The molecule has 4 aromatic rings. The monoisotopic (exact) mass is 360 g/mol. The molecule has 0 saturated carbocycles. The van der Waals surface area contributed by atoms with Crippen molar-refractivity contribution in [2.45, 2.75) is 0 Å². The Morgan fingerprint density at radius 3 is 2.35 bits per heavy atom. The number of thiazole rings is 1. The van der Waals surface area contributed by atoms with Gasteiger partial charge in [-0.1, -0.05) is 54.6 Å². The average Bonchev–Trinajstić information content (AvgIpc) is 3.32. The van der Waals surface area contributed by atoms with E-state index in [9.17, 15) is 4.79 Å². The van der Waals surface area contributed by atoms with Gasteiger partial charge in [-0.05, 0) is 17.2 Å². The van der Waals surface area contributed by atoms with Crippen molar-refractivity contribution < 1.29 is 4.79 Å². The second kappa shape index (κ2) is 6.93. The van der Waals surface area contributed by atoms with E-state index in [1.165, 1.54) is 16.9 Å². The molecule has 2 aromatic carbocycles. The van der Waals surface area contributed by atoms with E-state index in [1.807, 2.05) is 35.7 Å². The predicted molar refractivity (Wildman–Crippen MR) is 104 cm³/mol. The predicted octanol–water partition coefficient (Wildman–Crippen LogP) is 4.46. The third-order valence-electron chi connectivity index (χ3n) is 3.96. The smallest absolute Gasteiger partial charge is 0.277 e. The van der Waals surface area contributed by atoms with Gasteiger partial charge in [-0.15, -0.1) is 11.3 Å². The topological polar surface area (TPSA) is 59.8 Å². The van der Waals surface area contributed by atoms with Crippen LogP contribution >= 0.6 is 11.3 Å². The first-order chi connectivity index (χ1) is 12.7. The van der Waals surface area contributed by atoms with Crippen LogP contribution in [0.3, 0.4) is 0 Å². The van der Waals surface area contributed by atoms with Crippen LogP contribution in [0.1, 0.15) is 10.5 Å². The van der Waals surface area contributed by atoms with Gasteiger partial charge in [0, 0.05) is 24.2 Å².